The van der Waals surface area contributed by atoms with E-state index < -0.39 is 8.07 Å². The Hall–Kier alpha value is -6.56. The van der Waals surface area contributed by atoms with Gasteiger partial charge in [-0.3, -0.25) is 0 Å². The molecule has 3 aliphatic rings. The molecule has 0 amide bonds. The van der Waals surface area contributed by atoms with Crippen LogP contribution in [-0.4, -0.2) is 19.9 Å². The number of hydrogen-bond donors (Lipinski definition) is 1. The average Bonchev–Trinajstić information content (AvgIpc) is 3.96. The van der Waals surface area contributed by atoms with Crippen LogP contribution < -0.4 is 26.6 Å². The van der Waals surface area contributed by atoms with Crippen LogP contribution in [0.25, 0.3) is 82.8 Å². The van der Waals surface area contributed by atoms with E-state index in [0.717, 1.165) is 35.2 Å². The van der Waals surface area contributed by atoms with E-state index >= 15 is 0 Å². The minimum Gasteiger partial charge on any atom is -0.456 e. The summed E-state index contributed by atoms with van der Waals surface area (Å²) >= 11 is 0. The number of para-hydroxylation sites is 1. The third kappa shape index (κ3) is 5.32. The molecule has 66 heavy (non-hydrogen) atoms. The molecule has 4 heterocycles. The first kappa shape index (κ1) is 39.8. The number of anilines is 2. The third-order valence-electron chi connectivity index (χ3n) is 15.9. The maximum absolute atomic E-state index is 6.67. The smallest absolute Gasteiger partial charge is 0.198 e. The highest BCUT2D eigenvalue weighted by atomic mass is 28.3. The van der Waals surface area contributed by atoms with E-state index in [1.54, 1.807) is 5.19 Å². The lowest BCUT2D eigenvalue weighted by Crippen LogP contribution is -2.50. The van der Waals surface area contributed by atoms with Gasteiger partial charge in [0, 0.05) is 55.1 Å². The Bertz CT molecular complexity index is 3770. The Morgan fingerprint density at radius 1 is 0.591 bits per heavy atom. The second kappa shape index (κ2) is 13.1. The first-order chi connectivity index (χ1) is 31.5. The lowest BCUT2D eigenvalue weighted by molar-refractivity contribution is 0.590. The normalized spacial score (nSPS) is 15.2. The Morgan fingerprint density at radius 3 is 2.06 bits per heavy atom. The predicted molar refractivity (Wildman–Crippen MR) is 287 cm³/mol. The zero-order chi connectivity index (χ0) is 45.4. The van der Waals surface area contributed by atoms with E-state index in [4.69, 9.17) is 4.42 Å². The fourth-order valence-corrected chi connectivity index (χ4v) is 15.8. The van der Waals surface area contributed by atoms with Crippen molar-refractivity contribution in [2.24, 2.45) is 0 Å². The van der Waals surface area contributed by atoms with E-state index in [0.29, 0.717) is 0 Å². The topological polar surface area (TPSA) is 30.1 Å². The zero-order valence-corrected chi connectivity index (χ0v) is 40.8. The maximum Gasteiger partial charge on any atom is 0.198 e. The number of nitrogens with zero attached hydrogens (tertiary/aromatic N) is 1. The van der Waals surface area contributed by atoms with Gasteiger partial charge in [0.1, 0.15) is 19.2 Å². The molecular formula is C61H55BN2OSi. The molecule has 13 rings (SSSR count). The molecule has 0 radical (unpaired) electrons. The van der Waals surface area contributed by atoms with Crippen molar-refractivity contribution in [2.45, 2.75) is 84.7 Å². The van der Waals surface area contributed by atoms with Crippen molar-refractivity contribution in [3.63, 3.8) is 0 Å². The van der Waals surface area contributed by atoms with Gasteiger partial charge in [0.15, 0.2) is 7.28 Å². The number of furan rings is 1. The van der Waals surface area contributed by atoms with Crippen LogP contribution in [0.5, 0.6) is 0 Å². The zero-order valence-electron chi connectivity index (χ0n) is 39.8. The maximum atomic E-state index is 6.67. The largest absolute Gasteiger partial charge is 0.456 e. The molecule has 8 aromatic carbocycles. The number of benzene rings is 8. The van der Waals surface area contributed by atoms with Gasteiger partial charge in [0.2, 0.25) is 0 Å². The van der Waals surface area contributed by atoms with E-state index in [2.05, 4.69) is 218 Å². The molecule has 0 saturated heterocycles. The summed E-state index contributed by atoms with van der Waals surface area (Å²) in [6.45, 7) is 24.0. The van der Waals surface area contributed by atoms with Crippen LogP contribution in [0.4, 0.5) is 11.4 Å². The molecule has 1 aliphatic carbocycles. The first-order valence-electron chi connectivity index (χ1n) is 23.9. The predicted octanol–water partition coefficient (Wildman–Crippen LogP) is 13.5. The van der Waals surface area contributed by atoms with Crippen molar-refractivity contribution in [2.75, 3.05) is 5.32 Å². The average molecular weight is 871 g/mol. The summed E-state index contributed by atoms with van der Waals surface area (Å²) in [6, 6.07) is 53.4. The summed E-state index contributed by atoms with van der Waals surface area (Å²) in [7, 11) is -1.53. The van der Waals surface area contributed by atoms with Crippen molar-refractivity contribution >= 4 is 91.8 Å². The van der Waals surface area contributed by atoms with E-state index in [9.17, 15) is 0 Å². The number of fused-ring (bicyclic) bond motifs is 15. The summed E-state index contributed by atoms with van der Waals surface area (Å²) in [4.78, 5) is 0. The van der Waals surface area contributed by atoms with Crippen LogP contribution in [-0.2, 0) is 16.2 Å². The quantitative estimate of drug-likeness (QED) is 0.179. The van der Waals surface area contributed by atoms with Crippen molar-refractivity contribution in [1.82, 2.24) is 4.57 Å². The molecule has 0 atom stereocenters. The summed E-state index contributed by atoms with van der Waals surface area (Å²) in [6.07, 6.45) is 0. The van der Waals surface area contributed by atoms with E-state index in [-0.39, 0.29) is 16.2 Å². The van der Waals surface area contributed by atoms with Gasteiger partial charge < -0.3 is 14.3 Å². The third-order valence-corrected chi connectivity index (χ3v) is 19.4. The molecule has 0 saturated carbocycles. The molecule has 1 N–H and O–H groups in total. The van der Waals surface area contributed by atoms with Gasteiger partial charge in [-0.05, 0) is 131 Å². The number of rotatable bonds is 3. The van der Waals surface area contributed by atoms with Crippen LogP contribution in [0.2, 0.25) is 13.1 Å². The highest BCUT2D eigenvalue weighted by molar-refractivity contribution is 7.05. The van der Waals surface area contributed by atoms with Gasteiger partial charge in [-0.2, -0.15) is 0 Å². The lowest BCUT2D eigenvalue weighted by atomic mass is 9.58. The molecule has 2 aliphatic heterocycles. The minimum atomic E-state index is -2.31. The molecule has 10 aromatic rings. The van der Waals surface area contributed by atoms with Gasteiger partial charge >= 0.3 is 0 Å². The highest BCUT2D eigenvalue weighted by Gasteiger charge is 2.45. The molecule has 3 nitrogen and oxygen atoms in total. The van der Waals surface area contributed by atoms with Crippen LogP contribution in [0.15, 0.2) is 144 Å². The summed E-state index contributed by atoms with van der Waals surface area (Å²) in [5, 5.41) is 12.3. The molecule has 0 fully saturated rings. The van der Waals surface area contributed by atoms with E-state index in [1.165, 1.54) is 105 Å². The van der Waals surface area contributed by atoms with Gasteiger partial charge in [0.25, 0.3) is 0 Å². The molecule has 2 aromatic heterocycles. The molecule has 0 unspecified atom stereocenters. The second-order valence-electron chi connectivity index (χ2n) is 22.6. The van der Waals surface area contributed by atoms with Crippen molar-refractivity contribution in [1.29, 1.82) is 0 Å². The van der Waals surface area contributed by atoms with Crippen LogP contribution in [0.3, 0.4) is 0 Å². The van der Waals surface area contributed by atoms with Gasteiger partial charge in [-0.25, -0.2) is 0 Å². The Morgan fingerprint density at radius 2 is 1.29 bits per heavy atom. The Kier molecular flexibility index (Phi) is 7.88. The van der Waals surface area contributed by atoms with E-state index in [1.807, 2.05) is 0 Å². The lowest BCUT2D eigenvalue weighted by Gasteiger charge is -2.29. The fraction of sp³-hybridized carbons (Fsp3) is 0.213. The summed E-state index contributed by atoms with van der Waals surface area (Å²) < 4.78 is 9.33. The second-order valence-corrected chi connectivity index (χ2v) is 26.9. The number of aromatic nitrogens is 1. The summed E-state index contributed by atoms with van der Waals surface area (Å²) in [5.74, 6) is 0. The first-order valence-corrected chi connectivity index (χ1v) is 26.9. The van der Waals surface area contributed by atoms with Gasteiger partial charge in [0.05, 0.1) is 5.52 Å². The van der Waals surface area contributed by atoms with Crippen LogP contribution in [0.1, 0.15) is 77.6 Å². The molecule has 0 spiro atoms. The van der Waals surface area contributed by atoms with Gasteiger partial charge in [-0.1, -0.05) is 159 Å². The Balaban J connectivity index is 1.21. The number of nitrogens with one attached hydrogen (secondary N) is 1. The van der Waals surface area contributed by atoms with Crippen molar-refractivity contribution < 1.29 is 4.42 Å². The minimum absolute atomic E-state index is 0.00905. The Labute approximate surface area is 389 Å². The highest BCUT2D eigenvalue weighted by Crippen LogP contribution is 2.53. The van der Waals surface area contributed by atoms with Gasteiger partial charge in [-0.15, -0.1) is 0 Å². The summed E-state index contributed by atoms with van der Waals surface area (Å²) in [5.41, 5.74) is 24.1. The number of hydrogen-bond acceptors (Lipinski definition) is 2. The molecule has 5 heteroatoms. The van der Waals surface area contributed by atoms with Crippen LogP contribution in [0, 0.1) is 0 Å². The standard InChI is InChI=1S/C61H55BN2OSi/c1-59(2,3)34-23-26-36(27-24-34)63-47-31-40-37-17-11-14-20-44(37)61(7,8)45(40)30-42(47)53-54-39-19-13-16-22-52(39)66(9,10)58(54)55-43-29-35(60(4,5)6)25-28-48(43)64-49-32-41-38-18-12-15-21-50(38)65-51(41)33-46(49)62-56(53)57(55)64/h11-33,62-63H,1-10H3. The van der Waals surface area contributed by atoms with Crippen molar-refractivity contribution in [3.8, 4) is 39.1 Å². The fourth-order valence-electron chi connectivity index (χ4n) is 12.4. The SMILES string of the molecule is CC(C)(C)c1ccc(Nc2cc3c(cc2-c2c4c(c5c6cc(C(C)(C)C)ccc6n6c5c2Bc2cc5oc7ccccc7c5cc2-6)[Si](C)(C)c2ccccc2-4)C(C)(C)c2ccccc2-3)cc1. The molecular weight excluding hydrogens is 816 g/mol. The monoisotopic (exact) mass is 870 g/mol. The van der Waals surface area contributed by atoms with Crippen LogP contribution >= 0.6 is 0 Å². The molecule has 322 valence electrons. The van der Waals surface area contributed by atoms with Crippen molar-refractivity contribution in [3.05, 3.63) is 162 Å². The molecule has 0 bridgehead atoms.